The number of nitrogen functional groups attached to an aromatic ring is 1. The molecule has 0 bridgehead atoms. The highest BCUT2D eigenvalue weighted by molar-refractivity contribution is 6.05. The molecule has 2 rings (SSSR count). The van der Waals surface area contributed by atoms with Crippen LogP contribution in [0.25, 0.3) is 0 Å². The lowest BCUT2D eigenvalue weighted by Gasteiger charge is -2.11. The molecule has 2 aromatic heterocycles. The van der Waals surface area contributed by atoms with Crippen LogP contribution in [-0.4, -0.2) is 25.5 Å². The molecular formula is C11H16N6O. The molecule has 1 amide bonds. The van der Waals surface area contributed by atoms with E-state index in [9.17, 15) is 4.79 Å². The molecule has 2 heterocycles. The van der Waals surface area contributed by atoms with E-state index in [2.05, 4.69) is 15.5 Å². The van der Waals surface area contributed by atoms with E-state index >= 15 is 0 Å². The first-order valence-corrected chi connectivity index (χ1v) is 5.63. The number of hydrogen-bond acceptors (Lipinski definition) is 4. The maximum atomic E-state index is 12.0. The van der Waals surface area contributed by atoms with Crippen LogP contribution in [0.3, 0.4) is 0 Å². The molecule has 2 aromatic rings. The Hall–Kier alpha value is -2.31. The van der Waals surface area contributed by atoms with E-state index < -0.39 is 0 Å². The molecular weight excluding hydrogens is 232 g/mol. The van der Waals surface area contributed by atoms with Crippen LogP contribution >= 0.6 is 0 Å². The second-order valence-corrected chi connectivity index (χ2v) is 4.32. The Balaban J connectivity index is 2.21. The second-order valence-electron chi connectivity index (χ2n) is 4.32. The zero-order chi connectivity index (χ0) is 13.3. The van der Waals surface area contributed by atoms with E-state index in [1.54, 1.807) is 30.2 Å². The SMILES string of the molecule is CC(C)n1nccc1NC(=O)c1nn(C)cc1N. The van der Waals surface area contributed by atoms with Crippen LogP contribution in [0.4, 0.5) is 11.5 Å². The van der Waals surface area contributed by atoms with E-state index in [1.165, 1.54) is 4.68 Å². The van der Waals surface area contributed by atoms with Crippen molar-refractivity contribution < 1.29 is 4.79 Å². The molecule has 0 saturated heterocycles. The summed E-state index contributed by atoms with van der Waals surface area (Å²) in [7, 11) is 1.71. The smallest absolute Gasteiger partial charge is 0.279 e. The van der Waals surface area contributed by atoms with Gasteiger partial charge in [0.25, 0.3) is 5.91 Å². The summed E-state index contributed by atoms with van der Waals surface area (Å²) in [5.74, 6) is 0.288. The first-order valence-electron chi connectivity index (χ1n) is 5.63. The molecule has 0 unspecified atom stereocenters. The quantitative estimate of drug-likeness (QED) is 0.848. The number of nitrogens with one attached hydrogen (secondary N) is 1. The summed E-state index contributed by atoms with van der Waals surface area (Å²) < 4.78 is 3.22. The lowest BCUT2D eigenvalue weighted by molar-refractivity contribution is 0.102. The zero-order valence-corrected chi connectivity index (χ0v) is 10.6. The van der Waals surface area contributed by atoms with Gasteiger partial charge >= 0.3 is 0 Å². The van der Waals surface area contributed by atoms with E-state index in [0.29, 0.717) is 11.5 Å². The lowest BCUT2D eigenvalue weighted by Crippen LogP contribution is -2.18. The largest absolute Gasteiger partial charge is 0.396 e. The molecule has 0 spiro atoms. The Morgan fingerprint density at radius 3 is 2.78 bits per heavy atom. The lowest BCUT2D eigenvalue weighted by atomic mass is 10.3. The molecule has 0 aromatic carbocycles. The van der Waals surface area contributed by atoms with Crippen LogP contribution < -0.4 is 11.1 Å². The zero-order valence-electron chi connectivity index (χ0n) is 10.6. The Morgan fingerprint density at radius 1 is 1.50 bits per heavy atom. The van der Waals surface area contributed by atoms with Gasteiger partial charge in [-0.25, -0.2) is 4.68 Å². The predicted octanol–water partition coefficient (Wildman–Crippen LogP) is 1.03. The van der Waals surface area contributed by atoms with Crippen molar-refractivity contribution in [2.75, 3.05) is 11.1 Å². The van der Waals surface area contributed by atoms with Crippen LogP contribution in [0, 0.1) is 0 Å². The minimum absolute atomic E-state index is 0.163. The fourth-order valence-corrected chi connectivity index (χ4v) is 1.68. The molecule has 0 saturated carbocycles. The molecule has 7 nitrogen and oxygen atoms in total. The van der Waals surface area contributed by atoms with Gasteiger partial charge in [0, 0.05) is 25.4 Å². The number of aryl methyl sites for hydroxylation is 1. The van der Waals surface area contributed by atoms with Gasteiger partial charge in [0.15, 0.2) is 5.69 Å². The fourth-order valence-electron chi connectivity index (χ4n) is 1.68. The molecule has 0 radical (unpaired) electrons. The summed E-state index contributed by atoms with van der Waals surface area (Å²) in [6.07, 6.45) is 3.23. The molecule has 0 aliphatic heterocycles. The summed E-state index contributed by atoms with van der Waals surface area (Å²) in [4.78, 5) is 12.0. The molecule has 0 aliphatic rings. The van der Waals surface area contributed by atoms with Gasteiger partial charge in [0.2, 0.25) is 0 Å². The molecule has 0 aliphatic carbocycles. The van der Waals surface area contributed by atoms with Crippen molar-refractivity contribution in [1.29, 1.82) is 0 Å². The minimum Gasteiger partial charge on any atom is -0.396 e. The molecule has 18 heavy (non-hydrogen) atoms. The summed E-state index contributed by atoms with van der Waals surface area (Å²) in [5, 5.41) is 10.9. The van der Waals surface area contributed by atoms with E-state index in [4.69, 9.17) is 5.73 Å². The molecule has 3 N–H and O–H groups in total. The highest BCUT2D eigenvalue weighted by Gasteiger charge is 2.16. The minimum atomic E-state index is -0.337. The van der Waals surface area contributed by atoms with Crippen molar-refractivity contribution in [1.82, 2.24) is 19.6 Å². The average Bonchev–Trinajstić information content (AvgIpc) is 2.85. The highest BCUT2D eigenvalue weighted by atomic mass is 16.2. The van der Waals surface area contributed by atoms with Crippen LogP contribution in [0.1, 0.15) is 30.4 Å². The number of carbonyl (C=O) groups excluding carboxylic acids is 1. The molecule has 96 valence electrons. The van der Waals surface area contributed by atoms with Crippen molar-refractivity contribution in [3.8, 4) is 0 Å². The first-order chi connectivity index (χ1) is 8.49. The van der Waals surface area contributed by atoms with Gasteiger partial charge in [-0.3, -0.25) is 9.48 Å². The summed E-state index contributed by atoms with van der Waals surface area (Å²) >= 11 is 0. The Kier molecular flexibility index (Phi) is 3.05. The number of rotatable bonds is 3. The summed E-state index contributed by atoms with van der Waals surface area (Å²) in [6.45, 7) is 3.97. The van der Waals surface area contributed by atoms with Gasteiger partial charge < -0.3 is 11.1 Å². The van der Waals surface area contributed by atoms with Crippen LogP contribution in [-0.2, 0) is 7.05 Å². The van der Waals surface area contributed by atoms with Crippen LogP contribution in [0.15, 0.2) is 18.5 Å². The normalized spacial score (nSPS) is 10.9. The number of hydrogen-bond donors (Lipinski definition) is 2. The van der Waals surface area contributed by atoms with Gasteiger partial charge in [0.1, 0.15) is 5.82 Å². The van der Waals surface area contributed by atoms with Crippen molar-refractivity contribution >= 4 is 17.4 Å². The highest BCUT2D eigenvalue weighted by Crippen LogP contribution is 2.15. The van der Waals surface area contributed by atoms with Gasteiger partial charge in [-0.2, -0.15) is 10.2 Å². The standard InChI is InChI=1S/C11H16N6O/c1-7(2)17-9(4-5-13-17)14-11(18)10-8(12)6-16(3)15-10/h4-7H,12H2,1-3H3,(H,14,18). The molecule has 0 fully saturated rings. The number of anilines is 2. The van der Waals surface area contributed by atoms with Crippen molar-refractivity contribution in [2.45, 2.75) is 19.9 Å². The van der Waals surface area contributed by atoms with Crippen LogP contribution in [0.5, 0.6) is 0 Å². The number of carbonyl (C=O) groups is 1. The summed E-state index contributed by atoms with van der Waals surface area (Å²) in [6, 6.07) is 1.90. The maximum Gasteiger partial charge on any atom is 0.279 e. The fraction of sp³-hybridized carbons (Fsp3) is 0.364. The average molecular weight is 248 g/mol. The molecule has 0 atom stereocenters. The maximum absolute atomic E-state index is 12.0. The first kappa shape index (κ1) is 12.2. The third-order valence-electron chi connectivity index (χ3n) is 2.47. The van der Waals surface area contributed by atoms with Gasteiger partial charge in [-0.1, -0.05) is 0 Å². The number of nitrogens with zero attached hydrogens (tertiary/aromatic N) is 4. The Morgan fingerprint density at radius 2 is 2.22 bits per heavy atom. The van der Waals surface area contributed by atoms with Crippen molar-refractivity contribution in [2.24, 2.45) is 7.05 Å². The van der Waals surface area contributed by atoms with Crippen LogP contribution in [0.2, 0.25) is 0 Å². The Labute approximate surface area is 105 Å². The predicted molar refractivity (Wildman–Crippen MR) is 68.2 cm³/mol. The van der Waals surface area contributed by atoms with Gasteiger partial charge in [-0.15, -0.1) is 0 Å². The monoisotopic (exact) mass is 248 g/mol. The second kappa shape index (κ2) is 4.52. The Bertz CT molecular complexity index is 568. The third kappa shape index (κ3) is 2.20. The topological polar surface area (TPSA) is 90.8 Å². The van der Waals surface area contributed by atoms with Gasteiger partial charge in [-0.05, 0) is 13.8 Å². The van der Waals surface area contributed by atoms with Crippen molar-refractivity contribution in [3.63, 3.8) is 0 Å². The van der Waals surface area contributed by atoms with Crippen molar-refractivity contribution in [3.05, 3.63) is 24.2 Å². The number of aromatic nitrogens is 4. The van der Waals surface area contributed by atoms with Gasteiger partial charge in [0.05, 0.1) is 11.9 Å². The molecule has 7 heteroatoms. The summed E-state index contributed by atoms with van der Waals surface area (Å²) in [5.41, 5.74) is 6.27. The third-order valence-corrected chi connectivity index (χ3v) is 2.47. The van der Waals surface area contributed by atoms with E-state index in [-0.39, 0.29) is 17.6 Å². The van der Waals surface area contributed by atoms with E-state index in [1.807, 2.05) is 13.8 Å². The van der Waals surface area contributed by atoms with E-state index in [0.717, 1.165) is 0 Å². The number of nitrogens with two attached hydrogens (primary N) is 1. The number of amides is 1.